The predicted molar refractivity (Wildman–Crippen MR) is 112 cm³/mol. The van der Waals surface area contributed by atoms with E-state index in [0.29, 0.717) is 19.6 Å². The van der Waals surface area contributed by atoms with E-state index in [1.54, 1.807) is 0 Å². The lowest BCUT2D eigenvalue weighted by Gasteiger charge is -2.31. The molecule has 0 unspecified atom stereocenters. The Kier molecular flexibility index (Phi) is 18.3. The van der Waals surface area contributed by atoms with Gasteiger partial charge in [0, 0.05) is 19.6 Å². The molecule has 0 radical (unpaired) electrons. The first-order valence-corrected chi connectivity index (χ1v) is 12.4. The first-order valence-electron chi connectivity index (χ1n) is 11.0. The van der Waals surface area contributed by atoms with Crippen LogP contribution in [-0.4, -0.2) is 58.6 Å². The van der Waals surface area contributed by atoms with Crippen molar-refractivity contribution in [1.29, 1.82) is 0 Å². The van der Waals surface area contributed by atoms with Crippen LogP contribution in [0.2, 0.25) is 0 Å². The third-order valence-electron chi connectivity index (χ3n) is 4.33. The summed E-state index contributed by atoms with van der Waals surface area (Å²) in [5.41, 5.74) is 0. The summed E-state index contributed by atoms with van der Waals surface area (Å²) >= 11 is 0. The molecule has 0 atom stereocenters. The third-order valence-corrected chi connectivity index (χ3v) is 4.79. The number of unbranched alkanes of at least 4 members (excludes halogenated alkanes) is 8. The minimum Gasteiger partial charge on any atom is -0.379 e. The molecule has 0 fully saturated rings. The van der Waals surface area contributed by atoms with Gasteiger partial charge in [0.2, 0.25) is 0 Å². The third kappa shape index (κ3) is 18.2. The maximum Gasteiger partial charge on any atom is 0.401 e. The van der Waals surface area contributed by atoms with Crippen LogP contribution in [0.15, 0.2) is 0 Å². The predicted octanol–water partition coefficient (Wildman–Crippen LogP) is 4.49. The van der Waals surface area contributed by atoms with Gasteiger partial charge in [-0.1, -0.05) is 58.3 Å². The summed E-state index contributed by atoms with van der Waals surface area (Å²) in [6, 6.07) is 0. The molecular weight excluding hydrogens is 400 g/mol. The fraction of sp³-hybridized carbons (Fsp3) is 1.00. The van der Waals surface area contributed by atoms with Gasteiger partial charge >= 0.3 is 16.4 Å². The van der Waals surface area contributed by atoms with Crippen molar-refractivity contribution in [2.24, 2.45) is 0 Å². The van der Waals surface area contributed by atoms with Gasteiger partial charge in [0.1, 0.15) is 0 Å². The Morgan fingerprint density at radius 2 is 1.14 bits per heavy atom. The molecule has 0 aromatic carbocycles. The van der Waals surface area contributed by atoms with Crippen LogP contribution >= 0.6 is 0 Å². The lowest BCUT2D eigenvalue weighted by molar-refractivity contribution is -0.351. The fourth-order valence-corrected chi connectivity index (χ4v) is 3.39. The minimum absolute atomic E-state index is 0.0788. The number of ether oxygens (including phenoxy) is 4. The molecule has 0 amide bonds. The van der Waals surface area contributed by atoms with E-state index in [-0.39, 0.29) is 32.8 Å². The van der Waals surface area contributed by atoms with Crippen molar-refractivity contribution < 1.29 is 36.1 Å². The van der Waals surface area contributed by atoms with Crippen molar-refractivity contribution in [3.8, 4) is 0 Å². The fourth-order valence-electron chi connectivity index (χ4n) is 2.89. The van der Waals surface area contributed by atoms with E-state index >= 15 is 0 Å². The zero-order valence-corrected chi connectivity index (χ0v) is 19.3. The van der Waals surface area contributed by atoms with Gasteiger partial charge in [-0.3, -0.25) is 4.55 Å². The standard InChI is InChI=1S/C20H42O8S/c1-4-7-8-9-10-11-12-13-14-15-20(28-29(21,22)23,26-18-16-24-5-2)27-19-17-25-6-3/h4-19H2,1-3H3,(H,21,22,23). The molecule has 0 heterocycles. The summed E-state index contributed by atoms with van der Waals surface area (Å²) in [6.07, 6.45) is 10.2. The number of rotatable bonds is 22. The van der Waals surface area contributed by atoms with Crippen LogP contribution in [-0.2, 0) is 33.5 Å². The average molecular weight is 443 g/mol. The topological polar surface area (TPSA) is 101 Å². The quantitative estimate of drug-likeness (QED) is 0.149. The zero-order chi connectivity index (χ0) is 21.8. The molecule has 176 valence electrons. The highest BCUT2D eigenvalue weighted by molar-refractivity contribution is 7.80. The molecule has 1 N–H and O–H groups in total. The van der Waals surface area contributed by atoms with Crippen molar-refractivity contribution in [3.63, 3.8) is 0 Å². The van der Waals surface area contributed by atoms with E-state index < -0.39 is 16.4 Å². The second-order valence-electron chi connectivity index (χ2n) is 6.86. The van der Waals surface area contributed by atoms with E-state index in [9.17, 15) is 13.0 Å². The van der Waals surface area contributed by atoms with Crippen LogP contribution in [0.1, 0.15) is 85.0 Å². The molecule has 0 bridgehead atoms. The smallest absolute Gasteiger partial charge is 0.379 e. The van der Waals surface area contributed by atoms with Gasteiger partial charge in [0.25, 0.3) is 0 Å². The second kappa shape index (κ2) is 18.5. The molecular formula is C20H42O8S. The molecule has 0 aromatic heterocycles. The number of hydrogen-bond donors (Lipinski definition) is 1. The molecule has 0 aliphatic carbocycles. The van der Waals surface area contributed by atoms with Crippen molar-refractivity contribution in [3.05, 3.63) is 0 Å². The Balaban J connectivity index is 4.61. The van der Waals surface area contributed by atoms with E-state index in [1.165, 1.54) is 32.1 Å². The van der Waals surface area contributed by atoms with E-state index in [1.807, 2.05) is 13.8 Å². The molecule has 29 heavy (non-hydrogen) atoms. The highest BCUT2D eigenvalue weighted by Crippen LogP contribution is 2.26. The molecule has 0 saturated heterocycles. The summed E-state index contributed by atoms with van der Waals surface area (Å²) in [4.78, 5) is 0. The van der Waals surface area contributed by atoms with Crippen molar-refractivity contribution >= 4 is 10.4 Å². The molecule has 0 aliphatic heterocycles. The molecule has 8 nitrogen and oxygen atoms in total. The Labute approximate surface area is 177 Å². The Bertz CT molecular complexity index is 443. The second-order valence-corrected chi connectivity index (χ2v) is 7.89. The Morgan fingerprint density at radius 3 is 1.55 bits per heavy atom. The van der Waals surface area contributed by atoms with Gasteiger partial charge < -0.3 is 18.9 Å². The van der Waals surface area contributed by atoms with Crippen molar-refractivity contribution in [2.45, 2.75) is 91.0 Å². The van der Waals surface area contributed by atoms with Crippen LogP contribution in [0.5, 0.6) is 0 Å². The number of hydrogen-bond acceptors (Lipinski definition) is 7. The highest BCUT2D eigenvalue weighted by atomic mass is 32.3. The Hall–Kier alpha value is -0.290. The normalized spacial score (nSPS) is 12.6. The Morgan fingerprint density at radius 1 is 0.690 bits per heavy atom. The van der Waals surface area contributed by atoms with Crippen molar-refractivity contribution in [2.75, 3.05) is 39.6 Å². The van der Waals surface area contributed by atoms with Crippen LogP contribution in [0.4, 0.5) is 0 Å². The average Bonchev–Trinajstić information content (AvgIpc) is 2.66. The van der Waals surface area contributed by atoms with E-state index in [2.05, 4.69) is 6.92 Å². The van der Waals surface area contributed by atoms with Gasteiger partial charge in [-0.15, -0.1) is 0 Å². The molecule has 0 rings (SSSR count). The molecule has 0 spiro atoms. The summed E-state index contributed by atoms with van der Waals surface area (Å²) in [6.45, 7) is 7.61. The van der Waals surface area contributed by atoms with Crippen LogP contribution in [0.3, 0.4) is 0 Å². The summed E-state index contributed by atoms with van der Waals surface area (Å²) in [5.74, 6) is -1.87. The van der Waals surface area contributed by atoms with Crippen LogP contribution in [0.25, 0.3) is 0 Å². The minimum atomic E-state index is -4.76. The summed E-state index contributed by atoms with van der Waals surface area (Å²) in [7, 11) is -4.76. The SMILES string of the molecule is CCCCCCCCCCCC(OCCOCC)(OCCOCC)OS(=O)(=O)O. The molecule has 9 heteroatoms. The maximum atomic E-state index is 11.4. The van der Waals surface area contributed by atoms with E-state index in [0.717, 1.165) is 19.3 Å². The van der Waals surface area contributed by atoms with Gasteiger partial charge in [0.05, 0.1) is 26.4 Å². The molecule has 0 saturated carbocycles. The van der Waals surface area contributed by atoms with Crippen LogP contribution in [0, 0.1) is 0 Å². The largest absolute Gasteiger partial charge is 0.401 e. The van der Waals surface area contributed by atoms with Gasteiger partial charge in [-0.05, 0) is 20.3 Å². The lowest BCUT2D eigenvalue weighted by atomic mass is 10.1. The van der Waals surface area contributed by atoms with Gasteiger partial charge in [-0.25, -0.2) is 0 Å². The van der Waals surface area contributed by atoms with E-state index in [4.69, 9.17) is 23.1 Å². The zero-order valence-electron chi connectivity index (χ0n) is 18.5. The lowest BCUT2D eigenvalue weighted by Crippen LogP contribution is -2.42. The first kappa shape index (κ1) is 28.7. The maximum absolute atomic E-state index is 11.4. The van der Waals surface area contributed by atoms with Gasteiger partial charge in [0.15, 0.2) is 0 Å². The van der Waals surface area contributed by atoms with Gasteiger partial charge in [-0.2, -0.15) is 12.6 Å². The highest BCUT2D eigenvalue weighted by Gasteiger charge is 2.38. The summed E-state index contributed by atoms with van der Waals surface area (Å²) < 4.78 is 58.5. The first-order chi connectivity index (χ1) is 13.9. The van der Waals surface area contributed by atoms with Crippen LogP contribution < -0.4 is 0 Å². The monoisotopic (exact) mass is 442 g/mol. The summed E-state index contributed by atoms with van der Waals surface area (Å²) in [5, 5.41) is 0. The molecule has 0 aromatic rings. The van der Waals surface area contributed by atoms with Crippen molar-refractivity contribution in [1.82, 2.24) is 0 Å². The molecule has 0 aliphatic rings.